The summed E-state index contributed by atoms with van der Waals surface area (Å²) in [4.78, 5) is 17.1. The topological polar surface area (TPSA) is 75.7 Å². The van der Waals surface area contributed by atoms with Crippen molar-refractivity contribution in [1.29, 1.82) is 0 Å². The third-order valence-electron chi connectivity index (χ3n) is 3.49. The number of hydrogen-bond acceptors (Lipinski definition) is 4. The average Bonchev–Trinajstić information content (AvgIpc) is 2.53. The van der Waals surface area contributed by atoms with Crippen LogP contribution in [0.1, 0.15) is 21.5 Å². The van der Waals surface area contributed by atoms with Gasteiger partial charge in [-0.1, -0.05) is 21.7 Å². The molecule has 0 radical (unpaired) electrons. The smallest absolute Gasteiger partial charge is 0.264 e. The second-order valence-electron chi connectivity index (χ2n) is 5.45. The van der Waals surface area contributed by atoms with Gasteiger partial charge in [0.1, 0.15) is 0 Å². The van der Waals surface area contributed by atoms with Gasteiger partial charge in [-0.2, -0.15) is 0 Å². The zero-order chi connectivity index (χ0) is 17.9. The van der Waals surface area contributed by atoms with E-state index in [9.17, 15) is 13.2 Å². The number of benzene rings is 2. The number of amides is 1. The fraction of sp³-hybridized carbons (Fsp3) is 0.235. The first-order valence-electron chi connectivity index (χ1n) is 7.27. The first kappa shape index (κ1) is 18.1. The average molecular weight is 348 g/mol. The summed E-state index contributed by atoms with van der Waals surface area (Å²) in [5.41, 5.74) is 3.08. The summed E-state index contributed by atoms with van der Waals surface area (Å²) >= 11 is 0. The van der Waals surface area contributed by atoms with E-state index < -0.39 is 10.0 Å². The van der Waals surface area contributed by atoms with Gasteiger partial charge in [0.05, 0.1) is 12.0 Å². The molecule has 0 saturated carbocycles. The molecule has 2 aromatic rings. The zero-order valence-corrected chi connectivity index (χ0v) is 14.8. The van der Waals surface area contributed by atoms with Crippen molar-refractivity contribution in [2.24, 2.45) is 0 Å². The molecule has 0 aliphatic carbocycles. The number of hydrogen-bond donors (Lipinski definition) is 1. The van der Waals surface area contributed by atoms with Crippen molar-refractivity contribution in [3.05, 3.63) is 59.2 Å². The Morgan fingerprint density at radius 3 is 2.08 bits per heavy atom. The first-order chi connectivity index (χ1) is 11.2. The highest BCUT2D eigenvalue weighted by Gasteiger charge is 2.20. The minimum Gasteiger partial charge on any atom is -0.322 e. The summed E-state index contributed by atoms with van der Waals surface area (Å²) in [5, 5.41) is 2.76. The number of aryl methyl sites for hydroxylation is 2. The van der Waals surface area contributed by atoms with Crippen molar-refractivity contribution < 1.29 is 18.0 Å². The Morgan fingerprint density at radius 2 is 1.58 bits per heavy atom. The van der Waals surface area contributed by atoms with Gasteiger partial charge in [-0.25, -0.2) is 8.42 Å². The van der Waals surface area contributed by atoms with Crippen LogP contribution >= 0.6 is 0 Å². The SMILES string of the molecule is CON(C)S(=O)(=O)c1ccc(NC(=O)c2cc(C)cc(C)c2)cc1. The van der Waals surface area contributed by atoms with Gasteiger partial charge in [-0.15, -0.1) is 0 Å². The summed E-state index contributed by atoms with van der Waals surface area (Å²) < 4.78 is 25.0. The summed E-state index contributed by atoms with van der Waals surface area (Å²) in [7, 11) is -1.11. The van der Waals surface area contributed by atoms with E-state index in [1.807, 2.05) is 19.9 Å². The van der Waals surface area contributed by atoms with Crippen LogP contribution in [0.5, 0.6) is 0 Å². The standard InChI is InChI=1S/C17H20N2O4S/c1-12-9-13(2)11-14(10-12)17(20)18-15-5-7-16(8-6-15)24(21,22)19(3)23-4/h5-11H,1-4H3,(H,18,20). The maximum Gasteiger partial charge on any atom is 0.264 e. The summed E-state index contributed by atoms with van der Waals surface area (Å²) in [5.74, 6) is -0.244. The van der Waals surface area contributed by atoms with Gasteiger partial charge >= 0.3 is 0 Å². The van der Waals surface area contributed by atoms with Crippen LogP contribution in [0.2, 0.25) is 0 Å². The molecule has 0 saturated heterocycles. The quantitative estimate of drug-likeness (QED) is 0.843. The number of carbonyl (C=O) groups excluding carboxylic acids is 1. The minimum atomic E-state index is -3.70. The summed E-state index contributed by atoms with van der Waals surface area (Å²) in [6.07, 6.45) is 0. The summed E-state index contributed by atoms with van der Waals surface area (Å²) in [6.45, 7) is 3.85. The molecule has 1 amide bonds. The van der Waals surface area contributed by atoms with Crippen molar-refractivity contribution >= 4 is 21.6 Å². The Bertz CT molecular complexity index is 825. The Balaban J connectivity index is 2.18. The molecule has 7 heteroatoms. The van der Waals surface area contributed by atoms with Crippen molar-refractivity contribution in [3.8, 4) is 0 Å². The van der Waals surface area contributed by atoms with Crippen LogP contribution in [0.25, 0.3) is 0 Å². The van der Waals surface area contributed by atoms with E-state index in [-0.39, 0.29) is 10.8 Å². The fourth-order valence-electron chi connectivity index (χ4n) is 2.27. The highest BCUT2D eigenvalue weighted by atomic mass is 32.2. The molecule has 0 bridgehead atoms. The maximum atomic E-state index is 12.3. The Kier molecular flexibility index (Phi) is 5.38. The van der Waals surface area contributed by atoms with E-state index in [1.54, 1.807) is 12.1 Å². The van der Waals surface area contributed by atoms with Crippen molar-refractivity contribution in [2.45, 2.75) is 18.7 Å². The van der Waals surface area contributed by atoms with Gasteiger partial charge in [0, 0.05) is 18.3 Å². The van der Waals surface area contributed by atoms with Crippen LogP contribution in [0.15, 0.2) is 47.4 Å². The van der Waals surface area contributed by atoms with E-state index in [1.165, 1.54) is 38.4 Å². The van der Waals surface area contributed by atoms with Crippen LogP contribution in [0.4, 0.5) is 5.69 Å². The third kappa shape index (κ3) is 4.00. The third-order valence-corrected chi connectivity index (χ3v) is 5.18. The van der Waals surface area contributed by atoms with Gasteiger partial charge in [0.25, 0.3) is 15.9 Å². The number of carbonyl (C=O) groups is 1. The predicted octanol–water partition coefficient (Wildman–Crippen LogP) is 2.74. The lowest BCUT2D eigenvalue weighted by molar-refractivity contribution is -0.0258. The first-order valence-corrected chi connectivity index (χ1v) is 8.71. The molecule has 2 aromatic carbocycles. The molecular weight excluding hydrogens is 328 g/mol. The molecule has 0 aliphatic rings. The molecule has 0 aliphatic heterocycles. The van der Waals surface area contributed by atoms with Crippen LogP contribution in [-0.4, -0.2) is 33.0 Å². The van der Waals surface area contributed by atoms with Gasteiger partial charge < -0.3 is 5.32 Å². The Hall–Kier alpha value is -2.22. The lowest BCUT2D eigenvalue weighted by atomic mass is 10.1. The molecule has 0 atom stereocenters. The molecule has 2 rings (SSSR count). The number of rotatable bonds is 5. The number of nitrogens with one attached hydrogen (secondary N) is 1. The van der Waals surface area contributed by atoms with Crippen molar-refractivity contribution in [2.75, 3.05) is 19.5 Å². The largest absolute Gasteiger partial charge is 0.322 e. The van der Waals surface area contributed by atoms with E-state index in [2.05, 4.69) is 5.32 Å². The fourth-order valence-corrected chi connectivity index (χ4v) is 3.24. The molecule has 6 nitrogen and oxygen atoms in total. The Labute approximate surface area is 142 Å². The summed E-state index contributed by atoms with van der Waals surface area (Å²) in [6, 6.07) is 11.5. The molecule has 24 heavy (non-hydrogen) atoms. The molecule has 0 unspecified atom stereocenters. The zero-order valence-electron chi connectivity index (χ0n) is 14.0. The van der Waals surface area contributed by atoms with E-state index in [4.69, 9.17) is 4.84 Å². The lowest BCUT2D eigenvalue weighted by Gasteiger charge is -2.14. The number of anilines is 1. The van der Waals surface area contributed by atoms with E-state index in [0.717, 1.165) is 15.6 Å². The second kappa shape index (κ2) is 7.12. The molecule has 128 valence electrons. The van der Waals surface area contributed by atoms with Crippen LogP contribution in [0.3, 0.4) is 0 Å². The number of hydroxylamine groups is 1. The molecule has 0 aromatic heterocycles. The number of sulfonamides is 1. The number of nitrogens with zero attached hydrogens (tertiary/aromatic N) is 1. The monoisotopic (exact) mass is 348 g/mol. The highest BCUT2D eigenvalue weighted by Crippen LogP contribution is 2.18. The van der Waals surface area contributed by atoms with Crippen molar-refractivity contribution in [3.63, 3.8) is 0 Å². The van der Waals surface area contributed by atoms with Gasteiger partial charge in [-0.3, -0.25) is 9.63 Å². The molecule has 0 fully saturated rings. The molecule has 1 N–H and O–H groups in total. The maximum absolute atomic E-state index is 12.3. The lowest BCUT2D eigenvalue weighted by Crippen LogP contribution is -2.25. The second-order valence-corrected chi connectivity index (χ2v) is 7.39. The van der Waals surface area contributed by atoms with Crippen molar-refractivity contribution in [1.82, 2.24) is 4.47 Å². The molecule has 0 heterocycles. The molecule has 0 spiro atoms. The Morgan fingerprint density at radius 1 is 1.04 bits per heavy atom. The predicted molar refractivity (Wildman–Crippen MR) is 92.3 cm³/mol. The van der Waals surface area contributed by atoms with Crippen LogP contribution in [-0.2, 0) is 14.9 Å². The van der Waals surface area contributed by atoms with Gasteiger partial charge in [0.15, 0.2) is 0 Å². The van der Waals surface area contributed by atoms with Gasteiger partial charge in [-0.05, 0) is 50.2 Å². The van der Waals surface area contributed by atoms with Crippen LogP contribution < -0.4 is 5.32 Å². The molecular formula is C17H20N2O4S. The van der Waals surface area contributed by atoms with Crippen LogP contribution in [0, 0.1) is 13.8 Å². The van der Waals surface area contributed by atoms with Gasteiger partial charge in [0.2, 0.25) is 0 Å². The minimum absolute atomic E-state index is 0.0799. The van der Waals surface area contributed by atoms with E-state index in [0.29, 0.717) is 11.3 Å². The normalized spacial score (nSPS) is 11.5. The van der Waals surface area contributed by atoms with E-state index >= 15 is 0 Å². The highest BCUT2D eigenvalue weighted by molar-refractivity contribution is 7.89.